The van der Waals surface area contributed by atoms with Gasteiger partial charge in [0, 0.05) is 29.4 Å². The number of nitrogens with zero attached hydrogens (tertiary/aromatic N) is 1. The van der Waals surface area contributed by atoms with Crippen LogP contribution in [0.15, 0.2) is 24.3 Å². The van der Waals surface area contributed by atoms with Crippen LogP contribution >= 0.6 is 0 Å². The van der Waals surface area contributed by atoms with Crippen molar-refractivity contribution in [1.82, 2.24) is 15.5 Å². The van der Waals surface area contributed by atoms with Crippen molar-refractivity contribution in [2.24, 2.45) is 0 Å². The number of carbonyl (C=O) groups is 2. The quantitative estimate of drug-likeness (QED) is 0.785. The predicted molar refractivity (Wildman–Crippen MR) is 101 cm³/mol. The third-order valence-electron chi connectivity index (χ3n) is 4.18. The lowest BCUT2D eigenvalue weighted by atomic mass is 10.1. The number of hydrogen-bond acceptors (Lipinski definition) is 3. The van der Waals surface area contributed by atoms with Crippen LogP contribution < -0.4 is 16.0 Å². The number of nitrogens with one attached hydrogen (secondary N) is 3. The van der Waals surface area contributed by atoms with E-state index in [2.05, 4.69) is 27.8 Å². The molecule has 25 heavy (non-hydrogen) atoms. The van der Waals surface area contributed by atoms with Crippen molar-refractivity contribution in [3.63, 3.8) is 0 Å². The summed E-state index contributed by atoms with van der Waals surface area (Å²) in [4.78, 5) is 26.6. The summed E-state index contributed by atoms with van der Waals surface area (Å²) in [5.41, 5.74) is 0.972. The van der Waals surface area contributed by atoms with E-state index < -0.39 is 0 Å². The summed E-state index contributed by atoms with van der Waals surface area (Å²) < 4.78 is 0. The summed E-state index contributed by atoms with van der Waals surface area (Å²) in [6.45, 7) is 11.0. The number of carbonyl (C=O) groups excluding carboxylic acids is 2. The van der Waals surface area contributed by atoms with Gasteiger partial charge in [0.15, 0.2) is 0 Å². The van der Waals surface area contributed by atoms with Gasteiger partial charge in [-0.1, -0.05) is 6.92 Å². The molecule has 138 valence electrons. The van der Waals surface area contributed by atoms with Gasteiger partial charge in [-0.3, -0.25) is 4.79 Å². The van der Waals surface area contributed by atoms with Gasteiger partial charge in [-0.05, 0) is 71.0 Å². The molecule has 0 unspecified atom stereocenters. The summed E-state index contributed by atoms with van der Waals surface area (Å²) in [5.74, 6) is -0.120. The SMILES string of the molecule is CCN1CCC[C@H](NC(=O)Nc2ccc(C(=O)NC(C)(C)C)cc2)C1. The predicted octanol–water partition coefficient (Wildman–Crippen LogP) is 2.82. The van der Waals surface area contributed by atoms with Crippen molar-refractivity contribution in [2.75, 3.05) is 25.0 Å². The van der Waals surface area contributed by atoms with Gasteiger partial charge in [0.2, 0.25) is 0 Å². The fourth-order valence-corrected chi connectivity index (χ4v) is 2.93. The third kappa shape index (κ3) is 6.38. The minimum Gasteiger partial charge on any atom is -0.347 e. The van der Waals surface area contributed by atoms with Crippen molar-refractivity contribution in [1.29, 1.82) is 0 Å². The van der Waals surface area contributed by atoms with Crippen molar-refractivity contribution >= 4 is 17.6 Å². The molecule has 6 heteroatoms. The Bertz CT molecular complexity index is 592. The van der Waals surface area contributed by atoms with Gasteiger partial charge in [-0.25, -0.2) is 4.79 Å². The first kappa shape index (κ1) is 19.2. The second-order valence-electron chi connectivity index (χ2n) is 7.61. The van der Waals surface area contributed by atoms with Crippen LogP contribution in [0.5, 0.6) is 0 Å². The van der Waals surface area contributed by atoms with E-state index in [0.29, 0.717) is 11.3 Å². The van der Waals surface area contributed by atoms with E-state index in [1.165, 1.54) is 0 Å². The molecule has 0 saturated carbocycles. The molecule has 0 aromatic heterocycles. The highest BCUT2D eigenvalue weighted by atomic mass is 16.2. The molecule has 3 N–H and O–H groups in total. The lowest BCUT2D eigenvalue weighted by molar-refractivity contribution is 0.0919. The van der Waals surface area contributed by atoms with E-state index in [1.807, 2.05) is 20.8 Å². The highest BCUT2D eigenvalue weighted by Gasteiger charge is 2.20. The molecule has 1 aliphatic heterocycles. The zero-order valence-electron chi connectivity index (χ0n) is 15.7. The lowest BCUT2D eigenvalue weighted by Gasteiger charge is -2.32. The van der Waals surface area contributed by atoms with Crippen LogP contribution in [0.25, 0.3) is 0 Å². The van der Waals surface area contributed by atoms with Gasteiger partial charge in [0.1, 0.15) is 0 Å². The zero-order chi connectivity index (χ0) is 18.4. The molecule has 1 aromatic rings. The maximum atomic E-state index is 12.2. The highest BCUT2D eigenvalue weighted by molar-refractivity contribution is 5.95. The first-order valence-corrected chi connectivity index (χ1v) is 8.99. The molecule has 1 atom stereocenters. The topological polar surface area (TPSA) is 73.5 Å². The van der Waals surface area contributed by atoms with Gasteiger partial charge in [-0.15, -0.1) is 0 Å². The first-order valence-electron chi connectivity index (χ1n) is 8.99. The molecule has 0 aliphatic carbocycles. The maximum Gasteiger partial charge on any atom is 0.319 e. The average Bonchev–Trinajstić information content (AvgIpc) is 2.54. The Labute approximate surface area is 150 Å². The summed E-state index contributed by atoms with van der Waals surface area (Å²) in [7, 11) is 0. The van der Waals surface area contributed by atoms with E-state index in [1.54, 1.807) is 24.3 Å². The van der Waals surface area contributed by atoms with Gasteiger partial charge in [-0.2, -0.15) is 0 Å². The van der Waals surface area contributed by atoms with Gasteiger partial charge < -0.3 is 20.9 Å². The van der Waals surface area contributed by atoms with E-state index in [9.17, 15) is 9.59 Å². The van der Waals surface area contributed by atoms with Crippen molar-refractivity contribution < 1.29 is 9.59 Å². The number of likely N-dealkylation sites (N-methyl/N-ethyl adjacent to an activating group) is 1. The number of anilines is 1. The molecule has 3 amide bonds. The molecule has 1 saturated heterocycles. The van der Waals surface area contributed by atoms with E-state index in [-0.39, 0.29) is 23.5 Å². The van der Waals surface area contributed by atoms with Crippen molar-refractivity contribution in [2.45, 2.75) is 52.1 Å². The summed E-state index contributed by atoms with van der Waals surface area (Å²) in [6.07, 6.45) is 2.12. The minimum atomic E-state index is -0.278. The molecule has 1 aromatic carbocycles. The molecule has 1 heterocycles. The molecule has 6 nitrogen and oxygen atoms in total. The Hall–Kier alpha value is -2.08. The average molecular weight is 346 g/mol. The van der Waals surface area contributed by atoms with Gasteiger partial charge >= 0.3 is 6.03 Å². The fraction of sp³-hybridized carbons (Fsp3) is 0.579. The van der Waals surface area contributed by atoms with E-state index in [0.717, 1.165) is 32.5 Å². The maximum absolute atomic E-state index is 12.2. The fourth-order valence-electron chi connectivity index (χ4n) is 2.93. The molecular weight excluding hydrogens is 316 g/mol. The molecule has 0 spiro atoms. The van der Waals surface area contributed by atoms with Gasteiger partial charge in [0.05, 0.1) is 0 Å². The Morgan fingerprint density at radius 1 is 1.20 bits per heavy atom. The second kappa shape index (κ2) is 8.34. The Morgan fingerprint density at radius 3 is 2.48 bits per heavy atom. The first-order chi connectivity index (χ1) is 11.8. The standard InChI is InChI=1S/C19H30N4O2/c1-5-23-12-6-7-16(13-23)21-18(25)20-15-10-8-14(9-11-15)17(24)22-19(2,3)4/h8-11,16H,5-7,12-13H2,1-4H3,(H,22,24)(H2,20,21,25)/t16-/m0/s1. The largest absolute Gasteiger partial charge is 0.347 e. The van der Waals surface area contributed by atoms with Crippen LogP contribution in [0.1, 0.15) is 50.9 Å². The second-order valence-corrected chi connectivity index (χ2v) is 7.61. The van der Waals surface area contributed by atoms with Crippen LogP contribution in [-0.4, -0.2) is 48.1 Å². The molecule has 1 aliphatic rings. The molecule has 1 fully saturated rings. The molecule has 0 bridgehead atoms. The highest BCUT2D eigenvalue weighted by Crippen LogP contribution is 2.12. The summed E-state index contributed by atoms with van der Waals surface area (Å²) in [6, 6.07) is 6.92. The Morgan fingerprint density at radius 2 is 1.88 bits per heavy atom. The van der Waals surface area contributed by atoms with Crippen LogP contribution in [0.4, 0.5) is 10.5 Å². The van der Waals surface area contributed by atoms with E-state index >= 15 is 0 Å². The van der Waals surface area contributed by atoms with Crippen LogP contribution in [0.2, 0.25) is 0 Å². The number of piperidine rings is 1. The Balaban J connectivity index is 1.86. The number of rotatable bonds is 4. The molecular formula is C19H30N4O2. The number of amides is 3. The van der Waals surface area contributed by atoms with Crippen LogP contribution in [0.3, 0.4) is 0 Å². The van der Waals surface area contributed by atoms with Crippen LogP contribution in [0, 0.1) is 0 Å². The van der Waals surface area contributed by atoms with Crippen LogP contribution in [-0.2, 0) is 0 Å². The number of urea groups is 1. The Kier molecular flexibility index (Phi) is 6.42. The normalized spacial score (nSPS) is 18.5. The third-order valence-corrected chi connectivity index (χ3v) is 4.18. The minimum absolute atomic E-state index is 0.120. The van der Waals surface area contributed by atoms with Crippen molar-refractivity contribution in [3.05, 3.63) is 29.8 Å². The number of benzene rings is 1. The lowest BCUT2D eigenvalue weighted by Crippen LogP contribution is -2.48. The smallest absolute Gasteiger partial charge is 0.319 e. The van der Waals surface area contributed by atoms with Crippen molar-refractivity contribution in [3.8, 4) is 0 Å². The van der Waals surface area contributed by atoms with E-state index in [4.69, 9.17) is 0 Å². The number of likely N-dealkylation sites (tertiary alicyclic amines) is 1. The monoisotopic (exact) mass is 346 g/mol. The molecule has 0 radical (unpaired) electrons. The number of hydrogen-bond donors (Lipinski definition) is 3. The summed E-state index contributed by atoms with van der Waals surface area (Å²) in [5, 5.41) is 8.78. The summed E-state index contributed by atoms with van der Waals surface area (Å²) >= 11 is 0. The zero-order valence-corrected chi connectivity index (χ0v) is 15.7. The van der Waals surface area contributed by atoms with Gasteiger partial charge in [0.25, 0.3) is 5.91 Å². The molecule has 2 rings (SSSR count).